The first-order valence-electron chi connectivity index (χ1n) is 5.72. The Morgan fingerprint density at radius 1 is 1.44 bits per heavy atom. The van der Waals surface area contributed by atoms with E-state index in [4.69, 9.17) is 23.2 Å². The first-order valence-corrected chi connectivity index (χ1v) is 6.47. The minimum Gasteiger partial charge on any atom is -0.481 e. The van der Waals surface area contributed by atoms with E-state index in [1.165, 1.54) is 6.92 Å². The lowest BCUT2D eigenvalue weighted by Gasteiger charge is -2.31. The van der Waals surface area contributed by atoms with Crippen molar-refractivity contribution in [2.75, 3.05) is 0 Å². The van der Waals surface area contributed by atoms with Crippen LogP contribution in [0, 0.1) is 5.92 Å². The Balaban J connectivity index is 3.25. The number of hydrogen-bond donors (Lipinski definition) is 2. The summed E-state index contributed by atoms with van der Waals surface area (Å²) in [6, 6.07) is 4.84. The monoisotopic (exact) mass is 290 g/mol. The molecule has 100 valence electrons. The lowest BCUT2D eigenvalue weighted by atomic mass is 9.80. The van der Waals surface area contributed by atoms with E-state index in [1.54, 1.807) is 18.2 Å². The Kier molecular flexibility index (Phi) is 5.02. The van der Waals surface area contributed by atoms with Crippen molar-refractivity contribution in [3.63, 3.8) is 0 Å². The summed E-state index contributed by atoms with van der Waals surface area (Å²) in [5.74, 6) is -1.96. The Hall–Kier alpha value is -0.770. The molecule has 5 heteroatoms. The quantitative estimate of drug-likeness (QED) is 0.869. The van der Waals surface area contributed by atoms with Crippen molar-refractivity contribution in [2.45, 2.75) is 32.3 Å². The highest BCUT2D eigenvalue weighted by Crippen LogP contribution is 2.39. The van der Waals surface area contributed by atoms with Crippen LogP contribution in [-0.2, 0) is 10.4 Å². The maximum Gasteiger partial charge on any atom is 0.309 e. The molecule has 0 heterocycles. The predicted molar refractivity (Wildman–Crippen MR) is 72.1 cm³/mol. The summed E-state index contributed by atoms with van der Waals surface area (Å²) in [7, 11) is 0. The molecule has 0 aromatic heterocycles. The van der Waals surface area contributed by atoms with Gasteiger partial charge in [-0.25, -0.2) is 0 Å². The van der Waals surface area contributed by atoms with E-state index >= 15 is 0 Å². The molecule has 0 radical (unpaired) electrons. The fourth-order valence-electron chi connectivity index (χ4n) is 2.02. The summed E-state index contributed by atoms with van der Waals surface area (Å²) >= 11 is 11.9. The van der Waals surface area contributed by atoms with Crippen molar-refractivity contribution in [1.29, 1.82) is 0 Å². The highest BCUT2D eigenvalue weighted by Gasteiger charge is 2.39. The van der Waals surface area contributed by atoms with Gasteiger partial charge in [0, 0.05) is 5.56 Å². The van der Waals surface area contributed by atoms with Gasteiger partial charge in [0.05, 0.1) is 16.0 Å². The lowest BCUT2D eigenvalue weighted by molar-refractivity contribution is -0.152. The molecule has 0 bridgehead atoms. The Morgan fingerprint density at radius 2 is 2.06 bits per heavy atom. The van der Waals surface area contributed by atoms with Gasteiger partial charge in [0.2, 0.25) is 0 Å². The Morgan fingerprint density at radius 3 is 2.56 bits per heavy atom. The van der Waals surface area contributed by atoms with Crippen molar-refractivity contribution >= 4 is 29.2 Å². The second-order valence-electron chi connectivity index (χ2n) is 4.43. The van der Waals surface area contributed by atoms with Crippen molar-refractivity contribution in [3.05, 3.63) is 33.8 Å². The number of halogens is 2. The average Bonchev–Trinajstić information content (AvgIpc) is 2.28. The van der Waals surface area contributed by atoms with E-state index < -0.39 is 17.5 Å². The minimum atomic E-state index is -1.55. The van der Waals surface area contributed by atoms with Crippen LogP contribution >= 0.6 is 23.2 Å². The van der Waals surface area contributed by atoms with E-state index in [0.717, 1.165) is 0 Å². The summed E-state index contributed by atoms with van der Waals surface area (Å²) in [5, 5.41) is 20.3. The summed E-state index contributed by atoms with van der Waals surface area (Å²) in [6.07, 6.45) is 1.02. The van der Waals surface area contributed by atoms with Crippen LogP contribution in [0.15, 0.2) is 18.2 Å². The van der Waals surface area contributed by atoms with E-state index in [-0.39, 0.29) is 5.02 Å². The van der Waals surface area contributed by atoms with Crippen LogP contribution < -0.4 is 0 Å². The lowest BCUT2D eigenvalue weighted by Crippen LogP contribution is -2.37. The normalized spacial score (nSPS) is 16.1. The zero-order valence-corrected chi connectivity index (χ0v) is 11.8. The molecule has 0 saturated heterocycles. The van der Waals surface area contributed by atoms with Crippen LogP contribution in [0.3, 0.4) is 0 Å². The zero-order chi connectivity index (χ0) is 13.9. The summed E-state index contributed by atoms with van der Waals surface area (Å²) in [5.41, 5.74) is -1.21. The van der Waals surface area contributed by atoms with Gasteiger partial charge in [-0.2, -0.15) is 0 Å². The molecule has 3 nitrogen and oxygen atoms in total. The number of aliphatic carboxylic acids is 1. The van der Waals surface area contributed by atoms with Crippen molar-refractivity contribution in [2.24, 2.45) is 5.92 Å². The molecule has 2 N–H and O–H groups in total. The van der Waals surface area contributed by atoms with E-state index in [1.807, 2.05) is 6.92 Å². The smallest absolute Gasteiger partial charge is 0.309 e. The third kappa shape index (κ3) is 2.97. The fourth-order valence-corrected chi connectivity index (χ4v) is 2.51. The molecular formula is C13H16Cl2O3. The standard InChI is InChI=1S/C13H16Cl2O3/c1-3-5-9(12(16)17)13(2,18)8-6-4-7-10(14)11(8)15/h4,6-7,9,18H,3,5H2,1-2H3,(H,16,17). The van der Waals surface area contributed by atoms with Crippen molar-refractivity contribution < 1.29 is 15.0 Å². The van der Waals surface area contributed by atoms with Crippen LogP contribution in [0.1, 0.15) is 32.3 Å². The molecule has 0 aliphatic heterocycles. The minimum absolute atomic E-state index is 0.200. The average molecular weight is 291 g/mol. The number of benzene rings is 1. The number of aliphatic hydroxyl groups is 1. The number of carbonyl (C=O) groups is 1. The second-order valence-corrected chi connectivity index (χ2v) is 5.21. The first-order chi connectivity index (χ1) is 8.32. The molecule has 2 atom stereocenters. The molecule has 0 amide bonds. The van der Waals surface area contributed by atoms with Gasteiger partial charge in [-0.1, -0.05) is 48.7 Å². The topological polar surface area (TPSA) is 57.5 Å². The Labute approximate surface area is 116 Å². The highest BCUT2D eigenvalue weighted by molar-refractivity contribution is 6.42. The number of rotatable bonds is 5. The number of carboxylic acids is 1. The van der Waals surface area contributed by atoms with Gasteiger partial charge in [0.25, 0.3) is 0 Å². The van der Waals surface area contributed by atoms with Crippen LogP contribution in [-0.4, -0.2) is 16.2 Å². The second kappa shape index (κ2) is 5.91. The predicted octanol–water partition coefficient (Wildman–Crippen LogP) is 3.70. The van der Waals surface area contributed by atoms with E-state index in [9.17, 15) is 15.0 Å². The van der Waals surface area contributed by atoms with Crippen LogP contribution in [0.5, 0.6) is 0 Å². The molecule has 1 aromatic rings. The van der Waals surface area contributed by atoms with Gasteiger partial charge < -0.3 is 10.2 Å². The highest BCUT2D eigenvalue weighted by atomic mass is 35.5. The summed E-state index contributed by atoms with van der Waals surface area (Å²) < 4.78 is 0. The maximum absolute atomic E-state index is 11.3. The molecule has 0 saturated carbocycles. The van der Waals surface area contributed by atoms with Gasteiger partial charge in [0.1, 0.15) is 5.60 Å². The fraction of sp³-hybridized carbons (Fsp3) is 0.462. The van der Waals surface area contributed by atoms with Gasteiger partial charge in [0.15, 0.2) is 0 Å². The first kappa shape index (κ1) is 15.3. The van der Waals surface area contributed by atoms with E-state index in [0.29, 0.717) is 23.4 Å². The Bertz CT molecular complexity index is 444. The summed E-state index contributed by atoms with van der Waals surface area (Å²) in [4.78, 5) is 11.3. The number of hydrogen-bond acceptors (Lipinski definition) is 2. The molecule has 18 heavy (non-hydrogen) atoms. The molecule has 0 aliphatic carbocycles. The van der Waals surface area contributed by atoms with Crippen LogP contribution in [0.2, 0.25) is 10.0 Å². The van der Waals surface area contributed by atoms with Crippen LogP contribution in [0.25, 0.3) is 0 Å². The van der Waals surface area contributed by atoms with Gasteiger partial charge >= 0.3 is 5.97 Å². The maximum atomic E-state index is 11.3. The SMILES string of the molecule is CCCC(C(=O)O)C(C)(O)c1cccc(Cl)c1Cl. The third-order valence-corrected chi connectivity index (χ3v) is 3.87. The molecule has 1 rings (SSSR count). The molecule has 1 aromatic carbocycles. The van der Waals surface area contributed by atoms with Crippen molar-refractivity contribution in [1.82, 2.24) is 0 Å². The van der Waals surface area contributed by atoms with Gasteiger partial charge in [-0.3, -0.25) is 4.79 Å². The van der Waals surface area contributed by atoms with Crippen molar-refractivity contribution in [3.8, 4) is 0 Å². The molecular weight excluding hydrogens is 275 g/mol. The third-order valence-electron chi connectivity index (χ3n) is 3.05. The zero-order valence-electron chi connectivity index (χ0n) is 10.3. The van der Waals surface area contributed by atoms with Gasteiger partial charge in [-0.05, 0) is 19.4 Å². The van der Waals surface area contributed by atoms with Gasteiger partial charge in [-0.15, -0.1) is 0 Å². The molecule has 0 spiro atoms. The van der Waals surface area contributed by atoms with E-state index in [2.05, 4.69) is 0 Å². The van der Waals surface area contributed by atoms with Crippen LogP contribution in [0.4, 0.5) is 0 Å². The number of carboxylic acid groups (broad SMARTS) is 1. The molecule has 0 fully saturated rings. The molecule has 0 aliphatic rings. The largest absolute Gasteiger partial charge is 0.481 e. The molecule has 2 unspecified atom stereocenters. The summed E-state index contributed by atoms with van der Waals surface area (Å²) in [6.45, 7) is 3.32.